The Kier molecular flexibility index (Phi) is 6.34. The molecule has 4 N–H and O–H groups in total. The van der Waals surface area contributed by atoms with Gasteiger partial charge in [0.05, 0.1) is 41.9 Å². The van der Waals surface area contributed by atoms with Gasteiger partial charge in [-0.25, -0.2) is 4.98 Å². The van der Waals surface area contributed by atoms with Gasteiger partial charge in [-0.2, -0.15) is 5.10 Å². The summed E-state index contributed by atoms with van der Waals surface area (Å²) in [6, 6.07) is 9.25. The first-order chi connectivity index (χ1) is 17.7. The van der Waals surface area contributed by atoms with Gasteiger partial charge in [0.1, 0.15) is 13.0 Å². The van der Waals surface area contributed by atoms with E-state index >= 15 is 0 Å². The lowest BCUT2D eigenvalue weighted by molar-refractivity contribution is 0.0995. The minimum absolute atomic E-state index is 0.0460. The molecule has 1 amide bonds. The number of anilines is 4. The van der Waals surface area contributed by atoms with Crippen LogP contribution in [0.2, 0.25) is 0 Å². The minimum atomic E-state index is -2.55. The van der Waals surface area contributed by atoms with E-state index in [2.05, 4.69) is 30.8 Å². The normalized spacial score (nSPS) is 13.3. The molecule has 1 fully saturated rings. The molecule has 4 aromatic rings. The van der Waals surface area contributed by atoms with Gasteiger partial charge >= 0.3 is 0 Å². The fourth-order valence-corrected chi connectivity index (χ4v) is 5.07. The molecule has 13 heteroatoms. The second-order valence-electron chi connectivity index (χ2n) is 9.00. The summed E-state index contributed by atoms with van der Waals surface area (Å²) in [6.45, 7) is 3.49. The Hall–Kier alpha value is -4.31. The molecule has 0 atom stereocenters. The average molecular weight is 520 g/mol. The van der Waals surface area contributed by atoms with E-state index in [-0.39, 0.29) is 11.7 Å². The zero-order chi connectivity index (χ0) is 26.2. The van der Waals surface area contributed by atoms with Crippen LogP contribution in [0.5, 0.6) is 5.75 Å². The molecule has 3 heterocycles. The predicted molar refractivity (Wildman–Crippen MR) is 141 cm³/mol. The van der Waals surface area contributed by atoms with Gasteiger partial charge in [-0.15, -0.1) is 10.2 Å². The second-order valence-corrected chi connectivity index (χ2v) is 12.2. The SMILES string of the molecule is COc1c(Nc2cc(Nc3cnccn3)nnc2C(N)=O)cccc1-c1cc(P(C)(C)=O)n(C2CC2)n1. The number of rotatable bonds is 9. The number of primary amides is 1. The number of methoxy groups -OCH3 is 1. The van der Waals surface area contributed by atoms with Gasteiger partial charge in [-0.05, 0) is 44.4 Å². The summed E-state index contributed by atoms with van der Waals surface area (Å²) >= 11 is 0. The maximum Gasteiger partial charge on any atom is 0.271 e. The van der Waals surface area contributed by atoms with Crippen LogP contribution >= 0.6 is 7.14 Å². The maximum atomic E-state index is 13.0. The number of para-hydroxylation sites is 1. The van der Waals surface area contributed by atoms with E-state index in [1.807, 2.05) is 22.9 Å². The van der Waals surface area contributed by atoms with E-state index in [1.165, 1.54) is 12.4 Å². The number of carbonyl (C=O) groups is 1. The molecule has 1 saturated carbocycles. The second kappa shape index (κ2) is 9.62. The van der Waals surface area contributed by atoms with Crippen molar-refractivity contribution in [3.63, 3.8) is 0 Å². The third-order valence-corrected chi connectivity index (χ3v) is 7.21. The molecular weight excluding hydrogens is 493 g/mol. The topological polar surface area (TPSA) is 163 Å². The van der Waals surface area contributed by atoms with Gasteiger partial charge in [-0.3, -0.25) is 14.5 Å². The molecule has 0 spiro atoms. The lowest BCUT2D eigenvalue weighted by Crippen LogP contribution is -2.17. The van der Waals surface area contributed by atoms with Crippen molar-refractivity contribution in [3.8, 4) is 17.0 Å². The predicted octanol–water partition coefficient (Wildman–Crippen LogP) is 3.31. The fraction of sp³-hybridized carbons (Fsp3) is 0.250. The van der Waals surface area contributed by atoms with Gasteiger partial charge in [0, 0.05) is 24.0 Å². The van der Waals surface area contributed by atoms with Gasteiger partial charge in [0.25, 0.3) is 5.91 Å². The van der Waals surface area contributed by atoms with Crippen molar-refractivity contribution in [1.29, 1.82) is 0 Å². The summed E-state index contributed by atoms with van der Waals surface area (Å²) in [5, 5.41) is 19.0. The van der Waals surface area contributed by atoms with Crippen LogP contribution in [0.4, 0.5) is 23.0 Å². The number of hydrogen-bond acceptors (Lipinski definition) is 10. The molecule has 12 nitrogen and oxygen atoms in total. The van der Waals surface area contributed by atoms with E-state index < -0.39 is 13.0 Å². The van der Waals surface area contributed by atoms with Crippen molar-refractivity contribution in [1.82, 2.24) is 29.9 Å². The Balaban J connectivity index is 1.54. The van der Waals surface area contributed by atoms with Crippen LogP contribution in [0.25, 0.3) is 11.3 Å². The Morgan fingerprint density at radius 3 is 2.57 bits per heavy atom. The molecule has 5 rings (SSSR count). The lowest BCUT2D eigenvalue weighted by atomic mass is 10.1. The van der Waals surface area contributed by atoms with Gasteiger partial charge in [0.2, 0.25) is 0 Å². The Bertz CT molecular complexity index is 1510. The largest absolute Gasteiger partial charge is 0.494 e. The zero-order valence-electron chi connectivity index (χ0n) is 20.5. The van der Waals surface area contributed by atoms with Crippen LogP contribution in [-0.2, 0) is 4.57 Å². The Labute approximate surface area is 213 Å². The molecule has 0 unspecified atom stereocenters. The molecule has 0 radical (unpaired) electrons. The van der Waals surface area contributed by atoms with E-state index in [0.29, 0.717) is 40.0 Å². The Morgan fingerprint density at radius 2 is 1.92 bits per heavy atom. The third-order valence-electron chi connectivity index (χ3n) is 5.77. The first-order valence-electron chi connectivity index (χ1n) is 11.5. The standard InChI is InChI=1S/C24H26N9O3P/c1-36-23-15(17-12-21(37(2,3)35)33(32-17)14-7-8-14)5-4-6-16(23)28-18-11-19(30-31-22(18)24(25)34)29-20-13-26-9-10-27-20/h4-6,9-14H,7-8H2,1-3H3,(H2,25,34)(H2,27,28,29,30). The monoisotopic (exact) mass is 519 g/mol. The number of nitrogens with one attached hydrogen (secondary N) is 2. The summed E-state index contributed by atoms with van der Waals surface area (Å²) in [7, 11) is -1.00. The average Bonchev–Trinajstić information content (AvgIpc) is 3.61. The maximum absolute atomic E-state index is 13.0. The van der Waals surface area contributed by atoms with E-state index in [1.54, 1.807) is 38.8 Å². The highest BCUT2D eigenvalue weighted by molar-refractivity contribution is 7.69. The van der Waals surface area contributed by atoms with Crippen LogP contribution < -0.4 is 26.5 Å². The van der Waals surface area contributed by atoms with Crippen molar-refractivity contribution >= 4 is 41.5 Å². The smallest absolute Gasteiger partial charge is 0.271 e. The first kappa shape index (κ1) is 24.4. The fourth-order valence-electron chi connectivity index (χ4n) is 3.93. The quantitative estimate of drug-likeness (QED) is 0.280. The number of hydrogen-bond donors (Lipinski definition) is 3. The summed E-state index contributed by atoms with van der Waals surface area (Å²) in [4.78, 5) is 20.3. The summed E-state index contributed by atoms with van der Waals surface area (Å²) in [5.74, 6) is 0.538. The molecule has 37 heavy (non-hydrogen) atoms. The van der Waals surface area contributed by atoms with Crippen LogP contribution in [0.1, 0.15) is 29.4 Å². The molecular formula is C24H26N9O3P. The zero-order valence-corrected chi connectivity index (χ0v) is 21.4. The summed E-state index contributed by atoms with van der Waals surface area (Å²) in [5.41, 5.74) is 8.49. The highest BCUT2D eigenvalue weighted by atomic mass is 31.2. The van der Waals surface area contributed by atoms with Gasteiger partial charge < -0.3 is 25.7 Å². The number of amides is 1. The van der Waals surface area contributed by atoms with Crippen molar-refractivity contribution < 1.29 is 14.1 Å². The molecule has 0 bridgehead atoms. The molecule has 3 aromatic heterocycles. The minimum Gasteiger partial charge on any atom is -0.494 e. The van der Waals surface area contributed by atoms with E-state index in [4.69, 9.17) is 15.6 Å². The van der Waals surface area contributed by atoms with Crippen LogP contribution in [0, 0.1) is 0 Å². The molecule has 1 aliphatic rings. The molecule has 0 saturated heterocycles. The molecule has 1 aliphatic carbocycles. The van der Waals surface area contributed by atoms with Crippen molar-refractivity contribution in [3.05, 3.63) is 54.6 Å². The number of benzene rings is 1. The van der Waals surface area contributed by atoms with Gasteiger partial charge in [0.15, 0.2) is 17.3 Å². The van der Waals surface area contributed by atoms with Crippen molar-refractivity contribution in [2.24, 2.45) is 5.73 Å². The third kappa shape index (κ3) is 5.14. The van der Waals surface area contributed by atoms with Gasteiger partial charge in [-0.1, -0.05) is 6.07 Å². The summed E-state index contributed by atoms with van der Waals surface area (Å²) in [6.07, 6.45) is 6.65. The summed E-state index contributed by atoms with van der Waals surface area (Å²) < 4.78 is 20.6. The lowest BCUT2D eigenvalue weighted by Gasteiger charge is -2.16. The highest BCUT2D eigenvalue weighted by Gasteiger charge is 2.32. The Morgan fingerprint density at radius 1 is 1.11 bits per heavy atom. The number of nitrogens with zero attached hydrogens (tertiary/aromatic N) is 6. The number of aromatic nitrogens is 6. The van der Waals surface area contributed by atoms with Crippen LogP contribution in [0.15, 0.2) is 48.9 Å². The molecule has 1 aromatic carbocycles. The molecule has 0 aliphatic heterocycles. The number of ether oxygens (including phenoxy) is 1. The van der Waals surface area contributed by atoms with E-state index in [0.717, 1.165) is 18.3 Å². The molecule has 190 valence electrons. The number of carbonyl (C=O) groups excluding carboxylic acids is 1. The van der Waals surface area contributed by atoms with Crippen LogP contribution in [0.3, 0.4) is 0 Å². The van der Waals surface area contributed by atoms with E-state index in [9.17, 15) is 9.36 Å². The van der Waals surface area contributed by atoms with Crippen molar-refractivity contribution in [2.45, 2.75) is 18.9 Å². The first-order valence-corrected chi connectivity index (χ1v) is 14.1. The van der Waals surface area contributed by atoms with Crippen LogP contribution in [-0.4, -0.2) is 56.3 Å². The highest BCUT2D eigenvalue weighted by Crippen LogP contribution is 2.44. The van der Waals surface area contributed by atoms with Crippen molar-refractivity contribution in [2.75, 3.05) is 31.1 Å². The number of nitrogens with two attached hydrogens (primary N) is 1.